The minimum Gasteiger partial charge on any atom is -0.495 e. The van der Waals surface area contributed by atoms with Crippen molar-refractivity contribution < 1.29 is 17.9 Å². The Morgan fingerprint density at radius 3 is 2.83 bits per heavy atom. The average Bonchev–Trinajstić information content (AvgIpc) is 2.98. The van der Waals surface area contributed by atoms with Crippen LogP contribution in [0.5, 0.6) is 5.75 Å². The van der Waals surface area contributed by atoms with Crippen LogP contribution >= 0.6 is 11.8 Å². The molecule has 2 saturated heterocycles. The third kappa shape index (κ3) is 3.10. The van der Waals surface area contributed by atoms with Gasteiger partial charge in [0.2, 0.25) is 5.91 Å². The fourth-order valence-corrected chi connectivity index (χ4v) is 6.78. The molecular formula is C15H18N2O4S2. The number of thioether (sulfide) groups is 1. The Morgan fingerprint density at radius 1 is 1.39 bits per heavy atom. The third-order valence-corrected chi connectivity index (χ3v) is 7.14. The number of methoxy groups -OCH3 is 1. The van der Waals surface area contributed by atoms with Crippen LogP contribution in [0.3, 0.4) is 0 Å². The van der Waals surface area contributed by atoms with Crippen LogP contribution in [-0.2, 0) is 14.6 Å². The van der Waals surface area contributed by atoms with Gasteiger partial charge in [0.1, 0.15) is 5.75 Å². The summed E-state index contributed by atoms with van der Waals surface area (Å²) in [7, 11) is -1.50. The van der Waals surface area contributed by atoms with E-state index in [0.717, 1.165) is 5.69 Å². The summed E-state index contributed by atoms with van der Waals surface area (Å²) in [6.45, 7) is 1.75. The van der Waals surface area contributed by atoms with E-state index < -0.39 is 9.84 Å². The van der Waals surface area contributed by atoms with Gasteiger partial charge >= 0.3 is 0 Å². The number of carbonyl (C=O) groups excluding carboxylic acids is 1. The number of hydrogen-bond acceptors (Lipinski definition) is 5. The summed E-state index contributed by atoms with van der Waals surface area (Å²) >= 11 is 1.37. The molecule has 6 nitrogen and oxygen atoms in total. The number of rotatable bonds is 3. The highest BCUT2D eigenvalue weighted by atomic mass is 32.2. The number of nitrogens with zero attached hydrogens (tertiary/aromatic N) is 2. The van der Waals surface area contributed by atoms with Crippen molar-refractivity contribution in [1.82, 2.24) is 0 Å². The van der Waals surface area contributed by atoms with Crippen molar-refractivity contribution in [3.8, 4) is 5.75 Å². The van der Waals surface area contributed by atoms with Crippen LogP contribution in [0.1, 0.15) is 13.3 Å². The highest BCUT2D eigenvalue weighted by Crippen LogP contribution is 2.43. The fraction of sp³-hybridized carbons (Fsp3) is 0.467. The van der Waals surface area contributed by atoms with Gasteiger partial charge in [-0.1, -0.05) is 30.8 Å². The van der Waals surface area contributed by atoms with Gasteiger partial charge in [-0.25, -0.2) is 8.42 Å². The summed E-state index contributed by atoms with van der Waals surface area (Å²) in [5, 5.41) is 0.458. The van der Waals surface area contributed by atoms with Gasteiger partial charge in [-0.05, 0) is 12.1 Å². The smallest absolute Gasteiger partial charge is 0.247 e. The Labute approximate surface area is 139 Å². The maximum absolute atomic E-state index is 12.0. The Kier molecular flexibility index (Phi) is 4.37. The van der Waals surface area contributed by atoms with Crippen molar-refractivity contribution in [3.05, 3.63) is 24.3 Å². The van der Waals surface area contributed by atoms with Crippen LogP contribution in [0.25, 0.3) is 0 Å². The first-order valence-electron chi connectivity index (χ1n) is 7.36. The Balaban J connectivity index is 2.07. The first-order chi connectivity index (χ1) is 10.9. The molecule has 1 amide bonds. The van der Waals surface area contributed by atoms with Gasteiger partial charge < -0.3 is 9.64 Å². The van der Waals surface area contributed by atoms with E-state index in [0.29, 0.717) is 17.3 Å². The number of amidine groups is 1. The second kappa shape index (κ2) is 6.16. The summed E-state index contributed by atoms with van der Waals surface area (Å²) in [5.41, 5.74) is 0.745. The quantitative estimate of drug-likeness (QED) is 0.822. The van der Waals surface area contributed by atoms with E-state index in [1.807, 2.05) is 29.2 Å². The number of carbonyl (C=O) groups is 1. The van der Waals surface area contributed by atoms with Crippen molar-refractivity contribution in [1.29, 1.82) is 0 Å². The molecule has 1 aromatic rings. The molecule has 0 saturated carbocycles. The number of fused-ring (bicyclic) bond motifs is 1. The lowest BCUT2D eigenvalue weighted by atomic mass is 10.2. The molecule has 2 atom stereocenters. The van der Waals surface area contributed by atoms with Gasteiger partial charge in [-0.2, -0.15) is 4.99 Å². The largest absolute Gasteiger partial charge is 0.495 e. The number of amides is 1. The standard InChI is InChI=1S/C15H18N2O4S2/c1-3-14(18)16-15-17(10-6-4-5-7-12(10)21-2)11-8-23(19,20)9-13(11)22-15/h4-7,11,13H,3,8-9H2,1-2H3. The summed E-state index contributed by atoms with van der Waals surface area (Å²) in [4.78, 5) is 17.8. The zero-order valence-electron chi connectivity index (χ0n) is 12.9. The number of ether oxygens (including phenoxy) is 1. The molecule has 3 rings (SSSR count). The third-order valence-electron chi connectivity index (χ3n) is 3.93. The summed E-state index contributed by atoms with van der Waals surface area (Å²) in [6, 6.07) is 7.17. The molecule has 0 radical (unpaired) electrons. The molecule has 23 heavy (non-hydrogen) atoms. The van der Waals surface area contributed by atoms with Gasteiger partial charge in [0.15, 0.2) is 15.0 Å². The van der Waals surface area contributed by atoms with Gasteiger partial charge in [0, 0.05) is 11.7 Å². The second-order valence-electron chi connectivity index (χ2n) is 5.48. The zero-order valence-corrected chi connectivity index (χ0v) is 14.6. The number of aliphatic imine (C=N–C) groups is 1. The fourth-order valence-electron chi connectivity index (χ4n) is 2.86. The normalized spacial score (nSPS) is 27.2. The summed E-state index contributed by atoms with van der Waals surface area (Å²) in [6.07, 6.45) is 0.317. The van der Waals surface area contributed by atoms with Crippen LogP contribution in [0.2, 0.25) is 0 Å². The topological polar surface area (TPSA) is 76.0 Å². The molecule has 0 aliphatic carbocycles. The zero-order chi connectivity index (χ0) is 16.6. The first kappa shape index (κ1) is 16.3. The van der Waals surface area contributed by atoms with Gasteiger partial charge in [0.25, 0.3) is 0 Å². The summed E-state index contributed by atoms with van der Waals surface area (Å²) in [5.74, 6) is 0.611. The molecule has 0 spiro atoms. The highest BCUT2D eigenvalue weighted by molar-refractivity contribution is 8.16. The van der Waals surface area contributed by atoms with Crippen LogP contribution in [0, 0.1) is 0 Å². The Bertz CT molecular complexity index is 760. The molecule has 2 heterocycles. The molecule has 0 N–H and O–H groups in total. The van der Waals surface area contributed by atoms with Crippen LogP contribution in [0.15, 0.2) is 29.3 Å². The second-order valence-corrected chi connectivity index (χ2v) is 8.84. The molecule has 1 aromatic carbocycles. The monoisotopic (exact) mass is 354 g/mol. The van der Waals surface area contributed by atoms with E-state index in [1.165, 1.54) is 11.8 Å². The number of anilines is 1. The molecule has 0 bridgehead atoms. The molecule has 2 aliphatic rings. The number of para-hydroxylation sites is 2. The minimum atomic E-state index is -3.07. The van der Waals surface area contributed by atoms with Crippen molar-refractivity contribution in [2.24, 2.45) is 4.99 Å². The van der Waals surface area contributed by atoms with Crippen LogP contribution in [-0.4, -0.2) is 49.4 Å². The van der Waals surface area contributed by atoms with Crippen LogP contribution in [0.4, 0.5) is 5.69 Å². The van der Waals surface area contributed by atoms with E-state index >= 15 is 0 Å². The predicted octanol–water partition coefficient (Wildman–Crippen LogP) is 1.71. The summed E-state index contributed by atoms with van der Waals surface area (Å²) < 4.78 is 29.4. The average molecular weight is 354 g/mol. The SMILES string of the molecule is CCC(=O)N=C1SC2CS(=O)(=O)CC2N1c1ccccc1OC. The number of sulfone groups is 1. The van der Waals surface area contributed by atoms with E-state index in [1.54, 1.807) is 14.0 Å². The van der Waals surface area contributed by atoms with E-state index in [4.69, 9.17) is 4.74 Å². The lowest BCUT2D eigenvalue weighted by Crippen LogP contribution is -2.37. The highest BCUT2D eigenvalue weighted by Gasteiger charge is 2.49. The minimum absolute atomic E-state index is 0.0715. The molecule has 0 aromatic heterocycles. The number of benzene rings is 1. The van der Waals surface area contributed by atoms with Crippen LogP contribution < -0.4 is 9.64 Å². The molecule has 2 unspecified atom stereocenters. The molecule has 2 fully saturated rings. The van der Waals surface area contributed by atoms with Gasteiger partial charge in [-0.15, -0.1) is 0 Å². The first-order valence-corrected chi connectivity index (χ1v) is 10.1. The van der Waals surface area contributed by atoms with Gasteiger partial charge in [0.05, 0.1) is 30.3 Å². The lowest BCUT2D eigenvalue weighted by Gasteiger charge is -2.26. The Morgan fingerprint density at radius 2 is 2.13 bits per heavy atom. The van der Waals surface area contributed by atoms with E-state index in [-0.39, 0.29) is 28.7 Å². The Hall–Kier alpha value is -1.54. The van der Waals surface area contributed by atoms with E-state index in [9.17, 15) is 13.2 Å². The molecule has 2 aliphatic heterocycles. The lowest BCUT2D eigenvalue weighted by molar-refractivity contribution is -0.117. The molecular weight excluding hydrogens is 336 g/mol. The molecule has 124 valence electrons. The maximum Gasteiger partial charge on any atom is 0.247 e. The van der Waals surface area contributed by atoms with Crippen molar-refractivity contribution in [2.45, 2.75) is 24.6 Å². The molecule has 8 heteroatoms. The van der Waals surface area contributed by atoms with Gasteiger partial charge in [-0.3, -0.25) is 4.79 Å². The number of hydrogen-bond donors (Lipinski definition) is 0. The predicted molar refractivity (Wildman–Crippen MR) is 92.0 cm³/mol. The van der Waals surface area contributed by atoms with Crippen molar-refractivity contribution in [3.63, 3.8) is 0 Å². The maximum atomic E-state index is 12.0. The van der Waals surface area contributed by atoms with Crippen molar-refractivity contribution in [2.75, 3.05) is 23.5 Å². The van der Waals surface area contributed by atoms with E-state index in [2.05, 4.69) is 4.99 Å². The van der Waals surface area contributed by atoms with Crippen molar-refractivity contribution >= 4 is 38.4 Å².